The second-order valence-corrected chi connectivity index (χ2v) is 2.83. The van der Waals surface area contributed by atoms with E-state index in [0.29, 0.717) is 0 Å². The molecule has 1 aromatic heterocycles. The molecule has 0 saturated heterocycles. The maximum atomic E-state index is 12.8. The first-order chi connectivity index (χ1) is 6.31. The molecule has 1 heterocycles. The molecule has 0 aliphatic heterocycles. The highest BCUT2D eigenvalue weighted by atomic mass is 32.1. The monoisotopic (exact) mass is 233 g/mol. The zero-order valence-electron chi connectivity index (χ0n) is 6.44. The Morgan fingerprint density at radius 2 is 1.79 bits per heavy atom. The van der Waals surface area contributed by atoms with E-state index in [1.165, 1.54) is 0 Å². The normalized spacial score (nSPS) is 13.3. The van der Waals surface area contributed by atoms with Crippen LogP contribution in [0, 0.1) is 0 Å². The number of nitrogens with zero attached hydrogens (tertiary/aromatic N) is 2. The maximum absolute atomic E-state index is 12.8. The van der Waals surface area contributed by atoms with E-state index in [1.54, 1.807) is 4.98 Å². The van der Waals surface area contributed by atoms with E-state index in [4.69, 9.17) is 0 Å². The lowest BCUT2D eigenvalue weighted by Gasteiger charge is -2.21. The third-order valence-corrected chi connectivity index (χ3v) is 1.60. The Morgan fingerprint density at radius 3 is 2.14 bits per heavy atom. The van der Waals surface area contributed by atoms with Crippen LogP contribution in [-0.2, 0) is 5.92 Å². The van der Waals surface area contributed by atoms with E-state index in [1.807, 2.05) is 0 Å². The van der Waals surface area contributed by atoms with E-state index >= 15 is 0 Å². The van der Waals surface area contributed by atoms with Gasteiger partial charge in [-0.25, -0.2) is 4.39 Å². The van der Waals surface area contributed by atoms with Crippen LogP contribution in [0.15, 0.2) is 5.16 Å². The van der Waals surface area contributed by atoms with Crippen molar-refractivity contribution in [1.29, 1.82) is 0 Å². The standard InChI is InChI=1S/C5H4F5N3S/c6-1-4(7,8)5(9,10)2-11-3(14)13-12-2/h1H2,(H2,11,12,13,14). The molecule has 1 rings (SSSR count). The first kappa shape index (κ1) is 11.2. The lowest BCUT2D eigenvalue weighted by atomic mass is 10.2. The van der Waals surface area contributed by atoms with Crippen LogP contribution < -0.4 is 0 Å². The zero-order chi connectivity index (χ0) is 11.0. The molecule has 3 nitrogen and oxygen atoms in total. The van der Waals surface area contributed by atoms with Gasteiger partial charge in [0.25, 0.3) is 0 Å². The summed E-state index contributed by atoms with van der Waals surface area (Å²) in [6, 6.07) is 0. The van der Waals surface area contributed by atoms with Gasteiger partial charge >= 0.3 is 11.8 Å². The maximum Gasteiger partial charge on any atom is 0.371 e. The molecule has 1 N–H and O–H groups in total. The Labute approximate surface area is 80.1 Å². The number of thiol groups is 1. The largest absolute Gasteiger partial charge is 0.371 e. The molecule has 0 fully saturated rings. The number of halogens is 5. The van der Waals surface area contributed by atoms with E-state index in [-0.39, 0.29) is 5.16 Å². The van der Waals surface area contributed by atoms with Gasteiger partial charge in [0.1, 0.15) is 0 Å². The van der Waals surface area contributed by atoms with Gasteiger partial charge in [0.15, 0.2) is 11.8 Å². The SMILES string of the molecule is FCC(F)(F)C(F)(F)c1nnc(S)[nH]1. The summed E-state index contributed by atoms with van der Waals surface area (Å²) in [5.41, 5.74) is 0. The molecule has 0 amide bonds. The lowest BCUT2D eigenvalue weighted by Crippen LogP contribution is -2.40. The average molecular weight is 233 g/mol. The van der Waals surface area contributed by atoms with Gasteiger partial charge in [-0.2, -0.15) is 17.6 Å². The van der Waals surface area contributed by atoms with Crippen molar-refractivity contribution in [2.24, 2.45) is 0 Å². The summed E-state index contributed by atoms with van der Waals surface area (Å²) in [5.74, 6) is -11.0. The van der Waals surface area contributed by atoms with Crippen LogP contribution >= 0.6 is 12.6 Å². The van der Waals surface area contributed by atoms with Gasteiger partial charge in [-0.15, -0.1) is 22.8 Å². The number of alkyl halides is 5. The third-order valence-electron chi connectivity index (χ3n) is 1.40. The van der Waals surface area contributed by atoms with E-state index < -0.39 is 24.3 Å². The predicted octanol–water partition coefficient (Wildman–Crippen LogP) is 1.79. The van der Waals surface area contributed by atoms with Crippen LogP contribution in [0.5, 0.6) is 0 Å². The summed E-state index contributed by atoms with van der Waals surface area (Å²) in [6.45, 7) is -2.48. The minimum absolute atomic E-state index is 0.352. The number of H-pyrrole nitrogens is 1. The Hall–Kier alpha value is -0.860. The molecule has 0 bridgehead atoms. The second-order valence-electron chi connectivity index (χ2n) is 2.41. The number of hydrogen-bond donors (Lipinski definition) is 2. The van der Waals surface area contributed by atoms with Crippen molar-refractivity contribution in [3.8, 4) is 0 Å². The number of nitrogens with one attached hydrogen (secondary N) is 1. The van der Waals surface area contributed by atoms with Crippen molar-refractivity contribution >= 4 is 12.6 Å². The van der Waals surface area contributed by atoms with Gasteiger partial charge in [-0.05, 0) is 0 Å². The quantitative estimate of drug-likeness (QED) is 0.617. The number of aromatic nitrogens is 3. The molecular weight excluding hydrogens is 229 g/mol. The summed E-state index contributed by atoms with van der Waals surface area (Å²) >= 11 is 3.46. The molecule has 0 aromatic carbocycles. The number of aromatic amines is 1. The first-order valence-corrected chi connectivity index (χ1v) is 3.69. The zero-order valence-corrected chi connectivity index (χ0v) is 7.33. The lowest BCUT2D eigenvalue weighted by molar-refractivity contribution is -0.226. The third kappa shape index (κ3) is 1.68. The summed E-state index contributed by atoms with van der Waals surface area (Å²) in [4.78, 5) is 1.70. The van der Waals surface area contributed by atoms with Crippen molar-refractivity contribution in [3.63, 3.8) is 0 Å². The Balaban J connectivity index is 3.07. The molecule has 1 aromatic rings. The van der Waals surface area contributed by atoms with Crippen molar-refractivity contribution in [1.82, 2.24) is 15.2 Å². The molecule has 14 heavy (non-hydrogen) atoms. The van der Waals surface area contributed by atoms with Crippen LogP contribution in [0.3, 0.4) is 0 Å². The fourth-order valence-electron chi connectivity index (χ4n) is 0.652. The molecule has 0 aliphatic carbocycles. The summed E-state index contributed by atoms with van der Waals surface area (Å²) < 4.78 is 62.0. The van der Waals surface area contributed by atoms with Crippen LogP contribution in [0.1, 0.15) is 5.82 Å². The summed E-state index contributed by atoms with van der Waals surface area (Å²) in [5, 5.41) is 5.32. The minimum atomic E-state index is -4.81. The van der Waals surface area contributed by atoms with Gasteiger partial charge in [-0.3, -0.25) is 0 Å². The van der Waals surface area contributed by atoms with Crippen molar-refractivity contribution < 1.29 is 22.0 Å². The topological polar surface area (TPSA) is 41.6 Å². The van der Waals surface area contributed by atoms with Crippen LogP contribution in [0.25, 0.3) is 0 Å². The van der Waals surface area contributed by atoms with Crippen LogP contribution in [0.4, 0.5) is 22.0 Å². The minimum Gasteiger partial charge on any atom is -0.315 e. The summed E-state index contributed by atoms with van der Waals surface area (Å²) in [6.07, 6.45) is 0. The van der Waals surface area contributed by atoms with E-state index in [2.05, 4.69) is 22.8 Å². The van der Waals surface area contributed by atoms with Gasteiger partial charge in [0, 0.05) is 0 Å². The van der Waals surface area contributed by atoms with Crippen molar-refractivity contribution in [2.75, 3.05) is 6.67 Å². The van der Waals surface area contributed by atoms with Gasteiger partial charge in [-0.1, -0.05) is 0 Å². The average Bonchev–Trinajstić information content (AvgIpc) is 2.52. The predicted molar refractivity (Wildman–Crippen MR) is 38.5 cm³/mol. The molecule has 0 aliphatic rings. The van der Waals surface area contributed by atoms with Crippen LogP contribution in [0.2, 0.25) is 0 Å². The van der Waals surface area contributed by atoms with Crippen molar-refractivity contribution in [3.05, 3.63) is 5.82 Å². The highest BCUT2D eigenvalue weighted by Gasteiger charge is 2.60. The highest BCUT2D eigenvalue weighted by molar-refractivity contribution is 7.80. The first-order valence-electron chi connectivity index (χ1n) is 3.25. The van der Waals surface area contributed by atoms with Gasteiger partial charge in [0.05, 0.1) is 0 Å². The molecular formula is C5H4F5N3S. The Kier molecular flexibility index (Phi) is 2.70. The fraction of sp³-hybridized carbons (Fsp3) is 0.600. The molecule has 0 radical (unpaired) electrons. The smallest absolute Gasteiger partial charge is 0.315 e. The Morgan fingerprint density at radius 1 is 1.21 bits per heavy atom. The molecule has 9 heteroatoms. The van der Waals surface area contributed by atoms with Gasteiger partial charge < -0.3 is 4.98 Å². The number of rotatable bonds is 3. The highest BCUT2D eigenvalue weighted by Crippen LogP contribution is 2.41. The molecule has 0 spiro atoms. The number of hydrogen-bond acceptors (Lipinski definition) is 3. The van der Waals surface area contributed by atoms with Crippen LogP contribution in [-0.4, -0.2) is 27.8 Å². The molecule has 0 saturated carbocycles. The van der Waals surface area contributed by atoms with E-state index in [9.17, 15) is 22.0 Å². The molecule has 80 valence electrons. The van der Waals surface area contributed by atoms with Crippen molar-refractivity contribution in [2.45, 2.75) is 17.0 Å². The molecule has 0 atom stereocenters. The summed E-state index contributed by atoms with van der Waals surface area (Å²) in [7, 11) is 0. The molecule has 0 unspecified atom stereocenters. The second kappa shape index (κ2) is 3.37. The Bertz CT molecular complexity index is 325. The van der Waals surface area contributed by atoms with Gasteiger partial charge in [0.2, 0.25) is 5.82 Å². The van der Waals surface area contributed by atoms with E-state index in [0.717, 1.165) is 0 Å². The fourth-order valence-corrected chi connectivity index (χ4v) is 0.802.